The minimum absolute atomic E-state index is 0.0544. The number of nitrogens with zero attached hydrogens (tertiary/aromatic N) is 1. The van der Waals surface area contributed by atoms with Crippen molar-refractivity contribution in [3.05, 3.63) is 0 Å². The highest BCUT2D eigenvalue weighted by molar-refractivity contribution is 7.91. The van der Waals surface area contributed by atoms with E-state index in [-0.39, 0.29) is 6.04 Å². The SMILES string of the molecule is CC(C)N1C[C@H]2CC[C@@H](C1)C2NC(=O)C(C)(C)C(=O)NS(=O)(=O)C(C)(C)C. The van der Waals surface area contributed by atoms with Gasteiger partial charge in [0.2, 0.25) is 21.8 Å². The van der Waals surface area contributed by atoms with Crippen LogP contribution in [0.15, 0.2) is 0 Å². The summed E-state index contributed by atoms with van der Waals surface area (Å²) >= 11 is 0. The van der Waals surface area contributed by atoms with Crippen LogP contribution in [0.25, 0.3) is 0 Å². The Morgan fingerprint density at radius 2 is 1.44 bits per heavy atom. The number of nitrogens with one attached hydrogen (secondary N) is 2. The Hall–Kier alpha value is -1.15. The fourth-order valence-electron chi connectivity index (χ4n) is 3.75. The number of likely N-dealkylation sites (tertiary alicyclic amines) is 1. The summed E-state index contributed by atoms with van der Waals surface area (Å²) in [6.45, 7) is 13.7. The molecule has 1 saturated carbocycles. The molecule has 2 aliphatic rings. The van der Waals surface area contributed by atoms with E-state index in [1.54, 1.807) is 0 Å². The number of piperidine rings is 1. The van der Waals surface area contributed by atoms with Gasteiger partial charge in [0.25, 0.3) is 0 Å². The molecular weight excluding hydrogens is 366 g/mol. The van der Waals surface area contributed by atoms with E-state index < -0.39 is 32.0 Å². The van der Waals surface area contributed by atoms with Crippen molar-refractivity contribution in [1.82, 2.24) is 14.9 Å². The van der Waals surface area contributed by atoms with E-state index in [4.69, 9.17) is 0 Å². The lowest BCUT2D eigenvalue weighted by atomic mass is 9.87. The highest BCUT2D eigenvalue weighted by Crippen LogP contribution is 2.38. The second-order valence-corrected chi connectivity index (χ2v) is 12.3. The molecule has 2 rings (SSSR count). The lowest BCUT2D eigenvalue weighted by Gasteiger charge is -2.41. The summed E-state index contributed by atoms with van der Waals surface area (Å²) in [6.07, 6.45) is 2.15. The van der Waals surface area contributed by atoms with E-state index >= 15 is 0 Å². The molecule has 2 bridgehead atoms. The predicted molar refractivity (Wildman–Crippen MR) is 105 cm³/mol. The van der Waals surface area contributed by atoms with Crippen LogP contribution in [0, 0.1) is 17.3 Å². The predicted octanol–water partition coefficient (Wildman–Crippen LogP) is 1.49. The van der Waals surface area contributed by atoms with Crippen LogP contribution in [-0.2, 0) is 19.6 Å². The zero-order valence-electron chi connectivity index (χ0n) is 17.6. The molecule has 3 atom stereocenters. The van der Waals surface area contributed by atoms with Gasteiger partial charge in [0.15, 0.2) is 0 Å². The van der Waals surface area contributed by atoms with Crippen LogP contribution in [0.1, 0.15) is 61.3 Å². The summed E-state index contributed by atoms with van der Waals surface area (Å²) in [7, 11) is -3.86. The molecule has 7 nitrogen and oxygen atoms in total. The fourth-order valence-corrected chi connectivity index (χ4v) is 4.56. The normalized spacial score (nSPS) is 26.9. The molecular formula is C19H35N3O4S. The monoisotopic (exact) mass is 401 g/mol. The summed E-state index contributed by atoms with van der Waals surface area (Å²) in [5, 5.41) is 3.06. The molecule has 0 aromatic heterocycles. The molecule has 156 valence electrons. The maximum Gasteiger partial charge on any atom is 0.248 e. The van der Waals surface area contributed by atoms with Gasteiger partial charge in [0.05, 0.1) is 4.75 Å². The van der Waals surface area contributed by atoms with Crippen molar-refractivity contribution >= 4 is 21.8 Å². The molecule has 2 fully saturated rings. The summed E-state index contributed by atoms with van der Waals surface area (Å²) in [6, 6.07) is 0.536. The third-order valence-corrected chi connectivity index (χ3v) is 8.13. The Labute approximate surface area is 163 Å². The number of sulfonamides is 1. The molecule has 2 N–H and O–H groups in total. The molecule has 0 aromatic rings. The van der Waals surface area contributed by atoms with Gasteiger partial charge in [-0.2, -0.15) is 0 Å². The second kappa shape index (κ2) is 7.35. The van der Waals surface area contributed by atoms with Gasteiger partial charge in [0, 0.05) is 25.2 Å². The molecule has 2 amide bonds. The highest BCUT2D eigenvalue weighted by Gasteiger charge is 2.47. The van der Waals surface area contributed by atoms with E-state index in [1.807, 2.05) is 0 Å². The van der Waals surface area contributed by atoms with Crippen LogP contribution in [0.4, 0.5) is 0 Å². The first-order valence-corrected chi connectivity index (χ1v) is 11.3. The van der Waals surface area contributed by atoms with Gasteiger partial charge >= 0.3 is 0 Å². The van der Waals surface area contributed by atoms with Crippen LogP contribution < -0.4 is 10.0 Å². The summed E-state index contributed by atoms with van der Waals surface area (Å²) in [5.74, 6) is -0.439. The van der Waals surface area contributed by atoms with E-state index in [0.29, 0.717) is 17.9 Å². The van der Waals surface area contributed by atoms with Crippen molar-refractivity contribution in [3.8, 4) is 0 Å². The van der Waals surface area contributed by atoms with Gasteiger partial charge < -0.3 is 10.2 Å². The van der Waals surface area contributed by atoms with E-state index in [1.165, 1.54) is 34.6 Å². The van der Waals surface area contributed by atoms with Gasteiger partial charge in [-0.15, -0.1) is 0 Å². The van der Waals surface area contributed by atoms with Crippen molar-refractivity contribution < 1.29 is 18.0 Å². The molecule has 1 heterocycles. The van der Waals surface area contributed by atoms with Crippen LogP contribution in [0.3, 0.4) is 0 Å². The number of carbonyl (C=O) groups excluding carboxylic acids is 2. The molecule has 0 radical (unpaired) electrons. The quantitative estimate of drug-likeness (QED) is 0.681. The van der Waals surface area contributed by atoms with Crippen LogP contribution >= 0.6 is 0 Å². The number of hydrogen-bond donors (Lipinski definition) is 2. The van der Waals surface area contributed by atoms with Crippen molar-refractivity contribution in [2.75, 3.05) is 13.1 Å². The smallest absolute Gasteiger partial charge is 0.248 e. The first-order chi connectivity index (χ1) is 12.2. The van der Waals surface area contributed by atoms with Gasteiger partial charge in [-0.3, -0.25) is 14.3 Å². The van der Waals surface area contributed by atoms with E-state index in [0.717, 1.165) is 25.9 Å². The molecule has 0 aromatic carbocycles. The molecule has 1 aliphatic carbocycles. The molecule has 1 unspecified atom stereocenters. The minimum Gasteiger partial charge on any atom is -0.352 e. The maximum absolute atomic E-state index is 12.9. The third kappa shape index (κ3) is 4.47. The van der Waals surface area contributed by atoms with Crippen LogP contribution in [0.5, 0.6) is 0 Å². The Morgan fingerprint density at radius 3 is 1.85 bits per heavy atom. The minimum atomic E-state index is -3.86. The zero-order chi connectivity index (χ0) is 20.8. The van der Waals surface area contributed by atoms with Crippen LogP contribution in [-0.4, -0.2) is 55.1 Å². The van der Waals surface area contributed by atoms with Gasteiger partial charge in [-0.25, -0.2) is 8.42 Å². The Kier molecular flexibility index (Phi) is 6.03. The molecule has 27 heavy (non-hydrogen) atoms. The Bertz CT molecular complexity index is 680. The Morgan fingerprint density at radius 1 is 0.963 bits per heavy atom. The average molecular weight is 402 g/mol. The number of amides is 2. The van der Waals surface area contributed by atoms with E-state index in [2.05, 4.69) is 28.8 Å². The van der Waals surface area contributed by atoms with Crippen molar-refractivity contribution in [1.29, 1.82) is 0 Å². The highest BCUT2D eigenvalue weighted by atomic mass is 32.2. The topological polar surface area (TPSA) is 95.6 Å². The fraction of sp³-hybridized carbons (Fsp3) is 0.895. The van der Waals surface area contributed by atoms with Gasteiger partial charge in [0.1, 0.15) is 5.41 Å². The number of rotatable bonds is 5. The first-order valence-electron chi connectivity index (χ1n) is 9.78. The van der Waals surface area contributed by atoms with Crippen LogP contribution in [0.2, 0.25) is 0 Å². The van der Waals surface area contributed by atoms with Crippen molar-refractivity contribution in [3.63, 3.8) is 0 Å². The van der Waals surface area contributed by atoms with Crippen molar-refractivity contribution in [2.45, 2.75) is 78.1 Å². The number of carbonyl (C=O) groups is 2. The van der Waals surface area contributed by atoms with Gasteiger partial charge in [-0.05, 0) is 73.1 Å². The molecule has 1 saturated heterocycles. The largest absolute Gasteiger partial charge is 0.352 e. The standard InChI is InChI=1S/C19H35N3O4S/c1-12(2)22-10-13-8-9-14(11-22)15(13)20-16(23)19(6,7)17(24)21-27(25,26)18(3,4)5/h12-15H,8-11H2,1-7H3,(H,20,23)(H,21,24)/t13-,14+,15?. The summed E-state index contributed by atoms with van der Waals surface area (Å²) in [4.78, 5) is 27.9. The van der Waals surface area contributed by atoms with Gasteiger partial charge in [-0.1, -0.05) is 0 Å². The molecule has 0 spiro atoms. The summed E-state index contributed by atoms with van der Waals surface area (Å²) in [5.41, 5.74) is -1.47. The van der Waals surface area contributed by atoms with Crippen molar-refractivity contribution in [2.24, 2.45) is 17.3 Å². The lowest BCUT2D eigenvalue weighted by molar-refractivity contribution is -0.141. The molecule has 1 aliphatic heterocycles. The second-order valence-electron chi connectivity index (χ2n) is 9.82. The first kappa shape index (κ1) is 22.1. The maximum atomic E-state index is 12.9. The zero-order valence-corrected chi connectivity index (χ0v) is 18.4. The molecule has 8 heteroatoms. The number of hydrogen-bond acceptors (Lipinski definition) is 5. The summed E-state index contributed by atoms with van der Waals surface area (Å²) < 4.78 is 25.5. The van der Waals surface area contributed by atoms with E-state index in [9.17, 15) is 18.0 Å². The number of fused-ring (bicyclic) bond motifs is 2. The third-order valence-electron chi connectivity index (χ3n) is 6.06. The Balaban J connectivity index is 2.06. The lowest BCUT2D eigenvalue weighted by Crippen LogP contribution is -2.58. The average Bonchev–Trinajstić information content (AvgIpc) is 2.75.